The van der Waals surface area contributed by atoms with Gasteiger partial charge in [-0.05, 0) is 26.0 Å². The molecule has 0 amide bonds. The van der Waals surface area contributed by atoms with Crippen molar-refractivity contribution in [2.75, 3.05) is 18.5 Å². The first-order valence-electron chi connectivity index (χ1n) is 5.30. The first-order chi connectivity index (χ1) is 8.04. The first kappa shape index (κ1) is 13.7. The summed E-state index contributed by atoms with van der Waals surface area (Å²) in [5.74, 6) is -0.671. The molecule has 0 saturated heterocycles. The lowest BCUT2D eigenvalue weighted by Crippen LogP contribution is -2.20. The highest BCUT2D eigenvalue weighted by atomic mass is 35.5. The molecule has 5 nitrogen and oxygen atoms in total. The lowest BCUT2D eigenvalue weighted by Gasteiger charge is -2.13. The average molecular weight is 259 g/mol. The quantitative estimate of drug-likeness (QED) is 0.819. The summed E-state index contributed by atoms with van der Waals surface area (Å²) in [6.45, 7) is 5.03. The number of aromatic carboxylic acids is 1. The van der Waals surface area contributed by atoms with E-state index in [0.29, 0.717) is 19.0 Å². The molecule has 0 radical (unpaired) electrons. The minimum Gasteiger partial charge on any atom is -0.476 e. The van der Waals surface area contributed by atoms with E-state index in [1.165, 1.54) is 6.07 Å². The molecule has 0 saturated carbocycles. The van der Waals surface area contributed by atoms with Gasteiger partial charge in [-0.25, -0.2) is 9.78 Å². The van der Waals surface area contributed by atoms with Crippen LogP contribution in [-0.4, -0.2) is 35.3 Å². The predicted octanol–water partition coefficient (Wildman–Crippen LogP) is 2.27. The van der Waals surface area contributed by atoms with Crippen molar-refractivity contribution in [3.05, 3.63) is 22.8 Å². The zero-order valence-corrected chi connectivity index (χ0v) is 10.5. The van der Waals surface area contributed by atoms with Gasteiger partial charge in [0.1, 0.15) is 5.82 Å². The summed E-state index contributed by atoms with van der Waals surface area (Å²) in [6.07, 6.45) is 0.0331. The van der Waals surface area contributed by atoms with Crippen LogP contribution in [0.4, 0.5) is 5.82 Å². The highest BCUT2D eigenvalue weighted by molar-refractivity contribution is 6.33. The van der Waals surface area contributed by atoms with Gasteiger partial charge in [-0.3, -0.25) is 0 Å². The molecule has 1 aromatic heterocycles. The zero-order chi connectivity index (χ0) is 12.8. The monoisotopic (exact) mass is 258 g/mol. The summed E-state index contributed by atoms with van der Waals surface area (Å²) < 4.78 is 5.33. The molecule has 1 atom stereocenters. The van der Waals surface area contributed by atoms with Crippen molar-refractivity contribution in [2.45, 2.75) is 20.0 Å². The maximum absolute atomic E-state index is 10.8. The Morgan fingerprint density at radius 2 is 2.35 bits per heavy atom. The number of rotatable bonds is 6. The molecular formula is C11H15ClN2O3. The Hall–Kier alpha value is -1.33. The Balaban J connectivity index is 2.66. The fourth-order valence-electron chi connectivity index (χ4n) is 1.28. The molecule has 2 N–H and O–H groups in total. The number of nitrogens with zero attached hydrogens (tertiary/aromatic N) is 1. The third-order valence-electron chi connectivity index (χ3n) is 2.07. The van der Waals surface area contributed by atoms with Gasteiger partial charge in [0.05, 0.1) is 11.1 Å². The second kappa shape index (κ2) is 6.42. The molecule has 1 aromatic rings. The van der Waals surface area contributed by atoms with Crippen LogP contribution in [0.15, 0.2) is 12.1 Å². The van der Waals surface area contributed by atoms with Crippen LogP contribution in [0.3, 0.4) is 0 Å². The average Bonchev–Trinajstić information content (AvgIpc) is 2.28. The molecule has 94 valence electrons. The lowest BCUT2D eigenvalue weighted by molar-refractivity contribution is 0.0691. The number of carbonyl (C=O) groups is 1. The Morgan fingerprint density at radius 1 is 1.65 bits per heavy atom. The van der Waals surface area contributed by atoms with Gasteiger partial charge in [-0.1, -0.05) is 11.6 Å². The summed E-state index contributed by atoms with van der Waals surface area (Å²) in [4.78, 5) is 14.7. The van der Waals surface area contributed by atoms with Crippen molar-refractivity contribution in [1.82, 2.24) is 4.98 Å². The number of halogens is 1. The fourth-order valence-corrected chi connectivity index (χ4v) is 1.47. The van der Waals surface area contributed by atoms with Crippen molar-refractivity contribution in [1.29, 1.82) is 0 Å². The fraction of sp³-hybridized carbons (Fsp3) is 0.455. The highest BCUT2D eigenvalue weighted by Gasteiger charge is 2.11. The molecule has 0 aliphatic rings. The standard InChI is InChI=1S/C11H15ClN2O3/c1-3-17-7(2)6-13-9-5-4-8(12)10(14-9)11(15)16/h4-5,7H,3,6H2,1-2H3,(H,13,14)(H,15,16). The number of aromatic nitrogens is 1. The van der Waals surface area contributed by atoms with Crippen molar-refractivity contribution >= 4 is 23.4 Å². The lowest BCUT2D eigenvalue weighted by atomic mass is 10.3. The first-order valence-corrected chi connectivity index (χ1v) is 5.67. The molecule has 0 aliphatic heterocycles. The van der Waals surface area contributed by atoms with E-state index in [2.05, 4.69) is 10.3 Å². The molecule has 1 unspecified atom stereocenters. The minimum atomic E-state index is -1.14. The van der Waals surface area contributed by atoms with E-state index in [-0.39, 0.29) is 16.8 Å². The number of hydrogen-bond acceptors (Lipinski definition) is 4. The summed E-state index contributed by atoms with van der Waals surface area (Å²) >= 11 is 5.71. The Labute approximate surface area is 105 Å². The molecule has 6 heteroatoms. The highest BCUT2D eigenvalue weighted by Crippen LogP contribution is 2.16. The largest absolute Gasteiger partial charge is 0.476 e. The predicted molar refractivity (Wildman–Crippen MR) is 65.8 cm³/mol. The van der Waals surface area contributed by atoms with Crippen LogP contribution in [0.5, 0.6) is 0 Å². The van der Waals surface area contributed by atoms with Crippen LogP contribution in [-0.2, 0) is 4.74 Å². The number of ether oxygens (including phenoxy) is 1. The molecule has 0 aromatic carbocycles. The maximum atomic E-state index is 10.8. The third-order valence-corrected chi connectivity index (χ3v) is 2.38. The van der Waals surface area contributed by atoms with Crippen LogP contribution in [0.1, 0.15) is 24.3 Å². The Kier molecular flexibility index (Phi) is 5.18. The second-order valence-corrected chi connectivity index (χ2v) is 3.89. The summed E-state index contributed by atoms with van der Waals surface area (Å²) in [6, 6.07) is 3.14. The molecule has 0 aliphatic carbocycles. The normalized spacial score (nSPS) is 12.2. The van der Waals surface area contributed by atoms with Crippen molar-refractivity contribution in [3.63, 3.8) is 0 Å². The molecule has 1 rings (SSSR count). The maximum Gasteiger partial charge on any atom is 0.356 e. The minimum absolute atomic E-state index is 0.0331. The number of carboxylic acid groups (broad SMARTS) is 1. The molecular weight excluding hydrogens is 244 g/mol. The number of anilines is 1. The van der Waals surface area contributed by atoms with Gasteiger partial charge in [0.25, 0.3) is 0 Å². The number of carboxylic acids is 1. The number of hydrogen-bond donors (Lipinski definition) is 2. The molecule has 0 fully saturated rings. The van der Waals surface area contributed by atoms with Gasteiger partial charge in [0, 0.05) is 13.2 Å². The second-order valence-electron chi connectivity index (χ2n) is 3.48. The van der Waals surface area contributed by atoms with Gasteiger partial charge in [-0.2, -0.15) is 0 Å². The van der Waals surface area contributed by atoms with Crippen molar-refractivity contribution in [2.24, 2.45) is 0 Å². The van der Waals surface area contributed by atoms with E-state index >= 15 is 0 Å². The zero-order valence-electron chi connectivity index (χ0n) is 9.74. The van der Waals surface area contributed by atoms with Crippen LogP contribution < -0.4 is 5.32 Å². The smallest absolute Gasteiger partial charge is 0.356 e. The van der Waals surface area contributed by atoms with Crippen molar-refractivity contribution < 1.29 is 14.6 Å². The van der Waals surface area contributed by atoms with Crippen LogP contribution in [0.25, 0.3) is 0 Å². The summed E-state index contributed by atoms with van der Waals surface area (Å²) in [7, 11) is 0. The molecule has 17 heavy (non-hydrogen) atoms. The van der Waals surface area contributed by atoms with Gasteiger partial charge >= 0.3 is 5.97 Å². The van der Waals surface area contributed by atoms with Gasteiger partial charge in [0.2, 0.25) is 0 Å². The molecule has 0 spiro atoms. The van der Waals surface area contributed by atoms with E-state index in [0.717, 1.165) is 0 Å². The van der Waals surface area contributed by atoms with Crippen molar-refractivity contribution in [3.8, 4) is 0 Å². The van der Waals surface area contributed by atoms with E-state index < -0.39 is 5.97 Å². The van der Waals surface area contributed by atoms with E-state index in [9.17, 15) is 4.79 Å². The topological polar surface area (TPSA) is 71.5 Å². The SMILES string of the molecule is CCOC(C)CNc1ccc(Cl)c(C(=O)O)n1. The Bertz CT molecular complexity index is 398. The summed E-state index contributed by atoms with van der Waals surface area (Å²) in [5, 5.41) is 12.0. The number of nitrogens with one attached hydrogen (secondary N) is 1. The molecule has 1 heterocycles. The van der Waals surface area contributed by atoms with Gasteiger partial charge in [0.15, 0.2) is 5.69 Å². The summed E-state index contributed by atoms with van der Waals surface area (Å²) in [5.41, 5.74) is -0.152. The van der Waals surface area contributed by atoms with E-state index in [1.54, 1.807) is 6.07 Å². The Morgan fingerprint density at radius 3 is 2.94 bits per heavy atom. The van der Waals surface area contributed by atoms with Crippen LogP contribution in [0, 0.1) is 0 Å². The van der Waals surface area contributed by atoms with E-state index in [4.69, 9.17) is 21.4 Å². The van der Waals surface area contributed by atoms with Gasteiger partial charge in [-0.15, -0.1) is 0 Å². The van der Waals surface area contributed by atoms with Crippen LogP contribution >= 0.6 is 11.6 Å². The van der Waals surface area contributed by atoms with Crippen LogP contribution in [0.2, 0.25) is 5.02 Å². The third kappa shape index (κ3) is 4.20. The number of pyridine rings is 1. The van der Waals surface area contributed by atoms with E-state index in [1.807, 2.05) is 13.8 Å². The molecule has 0 bridgehead atoms. The van der Waals surface area contributed by atoms with Gasteiger partial charge < -0.3 is 15.2 Å².